The van der Waals surface area contributed by atoms with Gasteiger partial charge in [0.25, 0.3) is 5.91 Å². The standard InChI is InChI=1S/C25H24N4O6S/c1-14-9-16(12-31-2)18-19(29-7-5-6-8-29)23(36-25(18)27-14)24(30)28-26-11-15-10-17-21(35-13-34-17)22(33-4)20(15)32-3/h5-11H,12-13H2,1-4H3,(H,28,30)/b26-11+. The van der Waals surface area contributed by atoms with Crippen molar-refractivity contribution >= 4 is 33.7 Å². The minimum atomic E-state index is -0.370. The molecule has 0 saturated heterocycles. The Morgan fingerprint density at radius 3 is 2.69 bits per heavy atom. The molecule has 0 spiro atoms. The van der Waals surface area contributed by atoms with Crippen LogP contribution in [0.3, 0.4) is 0 Å². The van der Waals surface area contributed by atoms with Crippen LogP contribution >= 0.6 is 11.3 Å². The summed E-state index contributed by atoms with van der Waals surface area (Å²) in [6.45, 7) is 2.40. The van der Waals surface area contributed by atoms with Crippen LogP contribution in [0, 0.1) is 6.92 Å². The van der Waals surface area contributed by atoms with E-state index in [1.165, 1.54) is 31.8 Å². The summed E-state index contributed by atoms with van der Waals surface area (Å²) in [4.78, 5) is 19.2. The lowest BCUT2D eigenvalue weighted by Crippen LogP contribution is -2.18. The number of carbonyl (C=O) groups is 1. The van der Waals surface area contributed by atoms with Crippen molar-refractivity contribution in [3.63, 3.8) is 0 Å². The van der Waals surface area contributed by atoms with Crippen LogP contribution in [-0.4, -0.2) is 49.8 Å². The number of ether oxygens (including phenoxy) is 5. The minimum Gasteiger partial charge on any atom is -0.492 e. The molecule has 36 heavy (non-hydrogen) atoms. The van der Waals surface area contributed by atoms with Crippen LogP contribution in [0.5, 0.6) is 23.0 Å². The first-order valence-electron chi connectivity index (χ1n) is 11.0. The summed E-state index contributed by atoms with van der Waals surface area (Å²) in [6, 6.07) is 7.50. The predicted octanol–water partition coefficient (Wildman–Crippen LogP) is 4.05. The molecular weight excluding hydrogens is 484 g/mol. The molecule has 186 valence electrons. The fourth-order valence-corrected chi connectivity index (χ4v) is 5.32. The van der Waals surface area contributed by atoms with Gasteiger partial charge in [-0.05, 0) is 36.8 Å². The summed E-state index contributed by atoms with van der Waals surface area (Å²) in [5.74, 6) is 1.41. The monoisotopic (exact) mass is 508 g/mol. The number of rotatable bonds is 8. The second-order valence-electron chi connectivity index (χ2n) is 7.87. The van der Waals surface area contributed by atoms with Crippen LogP contribution in [0.25, 0.3) is 15.9 Å². The number of nitrogens with zero attached hydrogens (tertiary/aromatic N) is 3. The maximum Gasteiger partial charge on any atom is 0.283 e. The summed E-state index contributed by atoms with van der Waals surface area (Å²) in [7, 11) is 4.68. The number of thiophene rings is 1. The number of carbonyl (C=O) groups excluding carboxylic acids is 1. The Kier molecular flexibility index (Phi) is 6.49. The van der Waals surface area contributed by atoms with Crippen molar-refractivity contribution in [3.05, 3.63) is 58.4 Å². The van der Waals surface area contributed by atoms with Crippen LogP contribution in [-0.2, 0) is 11.3 Å². The third-order valence-corrected chi connectivity index (χ3v) is 6.67. The van der Waals surface area contributed by atoms with Crippen molar-refractivity contribution in [1.82, 2.24) is 15.0 Å². The number of pyridine rings is 1. The Bertz CT molecular complexity index is 1460. The van der Waals surface area contributed by atoms with E-state index in [1.807, 2.05) is 42.1 Å². The zero-order valence-electron chi connectivity index (χ0n) is 20.2. The molecule has 3 aromatic heterocycles. The molecule has 1 aliphatic heterocycles. The van der Waals surface area contributed by atoms with E-state index in [2.05, 4.69) is 15.5 Å². The van der Waals surface area contributed by atoms with Crippen LogP contribution in [0.15, 0.2) is 41.8 Å². The lowest BCUT2D eigenvalue weighted by molar-refractivity contribution is 0.0959. The molecule has 0 atom stereocenters. The predicted molar refractivity (Wildman–Crippen MR) is 135 cm³/mol. The van der Waals surface area contributed by atoms with E-state index in [1.54, 1.807) is 13.2 Å². The molecule has 0 fully saturated rings. The smallest absolute Gasteiger partial charge is 0.283 e. The summed E-state index contributed by atoms with van der Waals surface area (Å²) in [6.07, 6.45) is 5.26. The van der Waals surface area contributed by atoms with E-state index in [0.717, 1.165) is 27.2 Å². The van der Waals surface area contributed by atoms with Gasteiger partial charge < -0.3 is 28.3 Å². The largest absolute Gasteiger partial charge is 0.492 e. The highest BCUT2D eigenvalue weighted by atomic mass is 32.1. The molecular formula is C25H24N4O6S. The van der Waals surface area contributed by atoms with Crippen LogP contribution < -0.4 is 24.4 Å². The Morgan fingerprint density at radius 1 is 1.19 bits per heavy atom. The average molecular weight is 509 g/mol. The molecule has 1 aromatic carbocycles. The number of nitrogens with one attached hydrogen (secondary N) is 1. The molecule has 5 rings (SSSR count). The van der Waals surface area contributed by atoms with Gasteiger partial charge >= 0.3 is 0 Å². The molecule has 11 heteroatoms. The van der Waals surface area contributed by atoms with Gasteiger partial charge in [-0.15, -0.1) is 11.3 Å². The van der Waals surface area contributed by atoms with Gasteiger partial charge in [0.05, 0.1) is 32.7 Å². The third kappa shape index (κ3) is 4.12. The van der Waals surface area contributed by atoms with Gasteiger partial charge in [-0.3, -0.25) is 4.79 Å². The zero-order chi connectivity index (χ0) is 25.2. The number of fused-ring (bicyclic) bond motifs is 2. The summed E-state index contributed by atoms with van der Waals surface area (Å²) < 4.78 is 29.2. The number of amides is 1. The summed E-state index contributed by atoms with van der Waals surface area (Å²) in [5, 5.41) is 5.07. The van der Waals surface area contributed by atoms with Crippen molar-refractivity contribution in [3.8, 4) is 28.7 Å². The van der Waals surface area contributed by atoms with Crippen molar-refractivity contribution < 1.29 is 28.5 Å². The van der Waals surface area contributed by atoms with E-state index in [9.17, 15) is 4.79 Å². The highest BCUT2D eigenvalue weighted by Crippen LogP contribution is 2.48. The fraction of sp³-hybridized carbons (Fsp3) is 0.240. The van der Waals surface area contributed by atoms with Gasteiger partial charge in [0.2, 0.25) is 18.3 Å². The second kappa shape index (κ2) is 9.88. The SMILES string of the molecule is COCc1cc(C)nc2sc(C(=O)N/N=C/c3cc4c(c(OC)c3OC)OCO4)c(-n3cccc3)c12. The highest BCUT2D eigenvalue weighted by molar-refractivity contribution is 7.21. The van der Waals surface area contributed by atoms with Crippen LogP contribution in [0.1, 0.15) is 26.5 Å². The van der Waals surface area contributed by atoms with Gasteiger partial charge in [-0.2, -0.15) is 5.10 Å². The first kappa shape index (κ1) is 23.6. The third-order valence-electron chi connectivity index (χ3n) is 5.60. The molecule has 4 heterocycles. The fourth-order valence-electron chi connectivity index (χ4n) is 4.17. The minimum absolute atomic E-state index is 0.0822. The maximum atomic E-state index is 13.4. The van der Waals surface area contributed by atoms with Crippen LogP contribution in [0.4, 0.5) is 0 Å². The Balaban J connectivity index is 1.52. The Hall–Kier alpha value is -4.09. The quantitative estimate of drug-likeness (QED) is 0.283. The molecule has 1 aliphatic rings. The van der Waals surface area contributed by atoms with E-state index in [0.29, 0.717) is 40.0 Å². The number of methoxy groups -OCH3 is 3. The molecule has 10 nitrogen and oxygen atoms in total. The van der Waals surface area contributed by atoms with Gasteiger partial charge in [0.15, 0.2) is 11.5 Å². The first-order valence-corrected chi connectivity index (χ1v) is 11.8. The van der Waals surface area contributed by atoms with Gasteiger partial charge in [0, 0.05) is 36.1 Å². The van der Waals surface area contributed by atoms with Crippen molar-refractivity contribution in [2.75, 3.05) is 28.1 Å². The maximum absolute atomic E-state index is 13.4. The molecule has 0 radical (unpaired) electrons. The highest BCUT2D eigenvalue weighted by Gasteiger charge is 2.26. The molecule has 1 N–H and O–H groups in total. The topological polar surface area (TPSA) is 105 Å². The molecule has 0 unspecified atom stereocenters. The number of aromatic nitrogens is 2. The van der Waals surface area contributed by atoms with E-state index < -0.39 is 0 Å². The van der Waals surface area contributed by atoms with E-state index in [4.69, 9.17) is 23.7 Å². The Labute approximate surface area is 211 Å². The van der Waals surface area contributed by atoms with Gasteiger partial charge in [0.1, 0.15) is 9.71 Å². The number of hydrogen-bond acceptors (Lipinski definition) is 9. The second-order valence-corrected chi connectivity index (χ2v) is 8.87. The molecule has 0 bridgehead atoms. The molecule has 4 aromatic rings. The summed E-state index contributed by atoms with van der Waals surface area (Å²) >= 11 is 1.31. The first-order chi connectivity index (χ1) is 17.5. The van der Waals surface area contributed by atoms with Gasteiger partial charge in [-0.1, -0.05) is 0 Å². The normalized spacial score (nSPS) is 12.4. The van der Waals surface area contributed by atoms with Crippen molar-refractivity contribution in [2.45, 2.75) is 13.5 Å². The van der Waals surface area contributed by atoms with Gasteiger partial charge in [-0.25, -0.2) is 10.4 Å². The van der Waals surface area contributed by atoms with E-state index >= 15 is 0 Å². The van der Waals surface area contributed by atoms with Crippen molar-refractivity contribution in [2.24, 2.45) is 5.10 Å². The number of aryl methyl sites for hydroxylation is 1. The molecule has 0 saturated carbocycles. The zero-order valence-corrected chi connectivity index (χ0v) is 21.0. The lowest BCUT2D eigenvalue weighted by atomic mass is 10.1. The Morgan fingerprint density at radius 2 is 1.97 bits per heavy atom. The van der Waals surface area contributed by atoms with Crippen molar-refractivity contribution in [1.29, 1.82) is 0 Å². The van der Waals surface area contributed by atoms with Crippen LogP contribution in [0.2, 0.25) is 0 Å². The van der Waals surface area contributed by atoms with E-state index in [-0.39, 0.29) is 12.7 Å². The number of hydrazone groups is 1. The summed E-state index contributed by atoms with van der Waals surface area (Å²) in [5.41, 5.74) is 5.73. The number of hydrogen-bond donors (Lipinski definition) is 1. The average Bonchev–Trinajstić information content (AvgIpc) is 3.62. The number of benzene rings is 1. The molecule has 1 amide bonds. The molecule has 0 aliphatic carbocycles. The lowest BCUT2D eigenvalue weighted by Gasteiger charge is -2.12.